The fourth-order valence-corrected chi connectivity index (χ4v) is 2.94. The Morgan fingerprint density at radius 2 is 2.35 bits per heavy atom. The van der Waals surface area contributed by atoms with Gasteiger partial charge in [-0.25, -0.2) is 4.98 Å². The molecule has 1 saturated heterocycles. The minimum atomic E-state index is -2.17. The van der Waals surface area contributed by atoms with Crippen LogP contribution in [0.2, 0.25) is 0 Å². The first kappa shape index (κ1) is 18.6. The Labute approximate surface area is 149 Å². The van der Waals surface area contributed by atoms with Gasteiger partial charge in [-0.3, -0.25) is 24.5 Å². The van der Waals surface area contributed by atoms with Gasteiger partial charge in [0.2, 0.25) is 11.9 Å². The van der Waals surface area contributed by atoms with Gasteiger partial charge in [-0.2, -0.15) is 4.98 Å². The van der Waals surface area contributed by atoms with E-state index in [1.165, 1.54) is 6.33 Å². The number of carbonyl (C=O) groups excluding carboxylic acids is 1. The average molecular weight is 383 g/mol. The van der Waals surface area contributed by atoms with Crippen molar-refractivity contribution in [2.75, 3.05) is 11.9 Å². The molecule has 1 fully saturated rings. The smallest absolute Gasteiger partial charge is 0.352 e. The third kappa shape index (κ3) is 3.96. The topological polar surface area (TPSA) is 154 Å². The second kappa shape index (κ2) is 7.58. The molecule has 3 atom stereocenters. The van der Waals surface area contributed by atoms with Crippen LogP contribution in [0.15, 0.2) is 11.1 Å². The van der Waals surface area contributed by atoms with E-state index < -0.39 is 20.0 Å². The Morgan fingerprint density at radius 3 is 3.04 bits per heavy atom. The van der Waals surface area contributed by atoms with E-state index in [0.717, 1.165) is 0 Å². The van der Waals surface area contributed by atoms with E-state index in [0.29, 0.717) is 18.5 Å². The highest BCUT2D eigenvalue weighted by Crippen LogP contribution is 2.31. The Morgan fingerprint density at radius 1 is 1.58 bits per heavy atom. The largest absolute Gasteiger partial charge is 0.610 e. The average Bonchev–Trinajstić information content (AvgIpc) is 3.19. The first-order valence-corrected chi connectivity index (χ1v) is 9.38. The fraction of sp³-hybridized carbons (Fsp3) is 0.571. The summed E-state index contributed by atoms with van der Waals surface area (Å²) in [4.78, 5) is 34.9. The normalized spacial score (nSPS) is 20.7. The number of nitrogens with zero attached hydrogens (tertiary/aromatic N) is 3. The van der Waals surface area contributed by atoms with Crippen LogP contribution >= 0.6 is 8.18 Å². The van der Waals surface area contributed by atoms with Gasteiger partial charge in [0.05, 0.1) is 12.4 Å². The first-order chi connectivity index (χ1) is 12.3. The number of hydrogen-bond acceptors (Lipinski definition) is 7. The van der Waals surface area contributed by atoms with Crippen LogP contribution < -0.4 is 16.4 Å². The molecule has 3 heterocycles. The second-order valence-corrected chi connectivity index (χ2v) is 7.08. The molecule has 0 aromatic carbocycles. The predicted octanol–water partition coefficient (Wildman–Crippen LogP) is 1.02. The number of carbonyl (C=O) groups is 1. The highest BCUT2D eigenvalue weighted by Gasteiger charge is 2.30. The van der Waals surface area contributed by atoms with Gasteiger partial charge in [-0.1, -0.05) is 19.4 Å². The van der Waals surface area contributed by atoms with Gasteiger partial charge in [0, 0.05) is 5.92 Å². The molecule has 1 amide bonds. The summed E-state index contributed by atoms with van der Waals surface area (Å²) < 4.78 is 23.2. The number of ether oxygens (including phenoxy) is 1. The Balaban J connectivity index is 1.83. The molecule has 1 unspecified atom stereocenters. The molecule has 1 aliphatic rings. The van der Waals surface area contributed by atoms with Crippen molar-refractivity contribution in [1.29, 1.82) is 0 Å². The SMILES string of the molecule is CC(C)C(=O)Nc1nc2c(ncn2[C@H]2CC[C@@H](CO[P+](N)=O)O2)c(=O)[nH]1. The molecule has 140 valence electrons. The first-order valence-electron chi connectivity index (χ1n) is 8.13. The van der Waals surface area contributed by atoms with E-state index in [1.54, 1.807) is 18.4 Å². The van der Waals surface area contributed by atoms with E-state index in [2.05, 4.69) is 20.3 Å². The number of aromatic amines is 1. The van der Waals surface area contributed by atoms with Crippen molar-refractivity contribution in [3.63, 3.8) is 0 Å². The van der Waals surface area contributed by atoms with Gasteiger partial charge in [0.25, 0.3) is 5.56 Å². The third-order valence-electron chi connectivity index (χ3n) is 3.98. The van der Waals surface area contributed by atoms with Crippen LogP contribution in [0.3, 0.4) is 0 Å². The predicted molar refractivity (Wildman–Crippen MR) is 92.5 cm³/mol. The quantitative estimate of drug-likeness (QED) is 0.625. The van der Waals surface area contributed by atoms with Gasteiger partial charge in [0.1, 0.15) is 12.8 Å². The number of nitrogens with two attached hydrogens (primary N) is 1. The number of aromatic nitrogens is 4. The lowest BCUT2D eigenvalue weighted by Gasteiger charge is -2.14. The van der Waals surface area contributed by atoms with Crippen LogP contribution in [0.4, 0.5) is 5.95 Å². The minimum absolute atomic E-state index is 0.0564. The molecule has 0 aliphatic carbocycles. The van der Waals surface area contributed by atoms with Gasteiger partial charge in [-0.05, 0) is 17.4 Å². The van der Waals surface area contributed by atoms with Crippen molar-refractivity contribution in [2.24, 2.45) is 11.4 Å². The maximum absolute atomic E-state index is 12.2. The third-order valence-corrected chi connectivity index (χ3v) is 4.38. The molecule has 26 heavy (non-hydrogen) atoms. The molecule has 1 aliphatic heterocycles. The number of imidazole rings is 1. The van der Waals surface area contributed by atoms with Crippen molar-refractivity contribution >= 4 is 31.2 Å². The maximum atomic E-state index is 12.2. The summed E-state index contributed by atoms with van der Waals surface area (Å²) in [6, 6.07) is 0. The molecule has 4 N–H and O–H groups in total. The zero-order valence-corrected chi connectivity index (χ0v) is 15.2. The van der Waals surface area contributed by atoms with Crippen molar-refractivity contribution in [1.82, 2.24) is 19.5 Å². The van der Waals surface area contributed by atoms with Crippen LogP contribution in [-0.2, 0) is 18.6 Å². The molecule has 0 saturated carbocycles. The second-order valence-electron chi connectivity index (χ2n) is 6.25. The van der Waals surface area contributed by atoms with Crippen LogP contribution in [0.5, 0.6) is 0 Å². The van der Waals surface area contributed by atoms with Gasteiger partial charge in [0.15, 0.2) is 11.2 Å². The van der Waals surface area contributed by atoms with Crippen LogP contribution in [0.25, 0.3) is 11.2 Å². The van der Waals surface area contributed by atoms with E-state index in [-0.39, 0.29) is 36.0 Å². The number of amides is 1. The van der Waals surface area contributed by atoms with Crippen molar-refractivity contribution in [3.05, 3.63) is 16.7 Å². The van der Waals surface area contributed by atoms with E-state index in [9.17, 15) is 14.2 Å². The summed E-state index contributed by atoms with van der Waals surface area (Å²) in [5, 5.41) is 2.57. The highest BCUT2D eigenvalue weighted by molar-refractivity contribution is 7.36. The summed E-state index contributed by atoms with van der Waals surface area (Å²) in [7, 11) is -2.17. The number of anilines is 1. The minimum Gasteiger partial charge on any atom is -0.352 e. The molecule has 2 aromatic rings. The van der Waals surface area contributed by atoms with E-state index in [4.69, 9.17) is 14.8 Å². The highest BCUT2D eigenvalue weighted by atomic mass is 31.1. The Hall–Kier alpha value is -2.20. The molecule has 0 bridgehead atoms. The van der Waals surface area contributed by atoms with Gasteiger partial charge in [-0.15, -0.1) is 4.52 Å². The number of H-pyrrole nitrogens is 1. The molecule has 11 nitrogen and oxygen atoms in total. The Kier molecular flexibility index (Phi) is 5.42. The number of rotatable bonds is 6. The lowest BCUT2D eigenvalue weighted by atomic mass is 10.2. The monoisotopic (exact) mass is 383 g/mol. The van der Waals surface area contributed by atoms with Crippen molar-refractivity contribution in [3.8, 4) is 0 Å². The molecule has 0 spiro atoms. The van der Waals surface area contributed by atoms with E-state index in [1.807, 2.05) is 0 Å². The van der Waals surface area contributed by atoms with Gasteiger partial charge >= 0.3 is 8.18 Å². The fourth-order valence-electron chi connectivity index (χ4n) is 2.63. The van der Waals surface area contributed by atoms with Crippen molar-refractivity contribution in [2.45, 2.75) is 39.0 Å². The molecule has 0 radical (unpaired) electrons. The molecule has 2 aromatic heterocycles. The summed E-state index contributed by atoms with van der Waals surface area (Å²) >= 11 is 0. The zero-order chi connectivity index (χ0) is 18.8. The van der Waals surface area contributed by atoms with Crippen molar-refractivity contribution < 1.29 is 18.6 Å². The maximum Gasteiger partial charge on any atom is 0.610 e. The number of hydrogen-bond donors (Lipinski definition) is 3. The van der Waals surface area contributed by atoms with Crippen LogP contribution in [-0.4, -0.2) is 38.1 Å². The standard InChI is InChI=1S/C14H19N6O5P/c1-7(2)12(21)18-14-17-11-10(13(22)19-14)16-6-20(11)9-4-3-8(25-9)5-24-26(15)23/h6-9H,3-5H2,1-2H3,(H3-,15,17,18,19,21,22,23)/p+1/t8-,9+/m0/s1. The summed E-state index contributed by atoms with van der Waals surface area (Å²) in [5.74, 6) is -0.460. The lowest BCUT2D eigenvalue weighted by Crippen LogP contribution is -2.22. The summed E-state index contributed by atoms with van der Waals surface area (Å²) in [5.41, 5.74) is 5.11. The van der Waals surface area contributed by atoms with Crippen LogP contribution in [0.1, 0.15) is 32.9 Å². The van der Waals surface area contributed by atoms with Crippen LogP contribution in [0, 0.1) is 5.92 Å². The zero-order valence-electron chi connectivity index (χ0n) is 14.3. The van der Waals surface area contributed by atoms with Gasteiger partial charge < -0.3 is 4.74 Å². The summed E-state index contributed by atoms with van der Waals surface area (Å²) in [6.45, 7) is 3.60. The summed E-state index contributed by atoms with van der Waals surface area (Å²) in [6.07, 6.45) is 2.13. The number of nitrogens with one attached hydrogen (secondary N) is 2. The lowest BCUT2D eigenvalue weighted by molar-refractivity contribution is -0.118. The molecule has 12 heteroatoms. The van der Waals surface area contributed by atoms with E-state index >= 15 is 0 Å². The Bertz CT molecular complexity index is 894. The molecular weight excluding hydrogens is 363 g/mol. The molecular formula is C14H20N6O5P+. The molecule has 3 rings (SSSR count). The number of fused-ring (bicyclic) bond motifs is 1.